The molecule has 2 heterocycles. The first kappa shape index (κ1) is 24.7. The Bertz CT molecular complexity index is 1480. The third-order valence-corrected chi connectivity index (χ3v) is 7.00. The van der Waals surface area contributed by atoms with E-state index in [2.05, 4.69) is 10.3 Å². The lowest BCUT2D eigenvalue weighted by Crippen LogP contribution is -2.31. The average Bonchev–Trinajstić information content (AvgIpc) is 3.15. The van der Waals surface area contributed by atoms with Crippen molar-refractivity contribution in [1.29, 1.82) is 0 Å². The minimum Gasteiger partial charge on any atom is -0.321 e. The highest BCUT2D eigenvalue weighted by atomic mass is 35.5. The average molecular weight is 530 g/mol. The number of imide groups is 1. The molecule has 1 aliphatic heterocycles. The fraction of sp³-hybridized carbons (Fsp3) is 0.103. The second-order valence-corrected chi connectivity index (χ2v) is 9.45. The van der Waals surface area contributed by atoms with Gasteiger partial charge in [0, 0.05) is 16.9 Å². The van der Waals surface area contributed by atoms with E-state index in [-0.39, 0.29) is 28.2 Å². The van der Waals surface area contributed by atoms with E-state index < -0.39 is 17.7 Å². The SMILES string of the molecule is O=C(Nc1ccc(N2C(=O)C(Cc3ccccc3Cl)C(c3ccccc3)C2=O)c(Cl)c1)c1ccccn1. The zero-order chi connectivity index (χ0) is 25.9. The third-order valence-electron chi connectivity index (χ3n) is 6.33. The summed E-state index contributed by atoms with van der Waals surface area (Å²) in [5.41, 5.74) is 2.46. The maximum absolute atomic E-state index is 13.7. The lowest BCUT2D eigenvalue weighted by Gasteiger charge is -2.17. The summed E-state index contributed by atoms with van der Waals surface area (Å²) >= 11 is 13.0. The molecule has 37 heavy (non-hydrogen) atoms. The van der Waals surface area contributed by atoms with Gasteiger partial charge in [0.2, 0.25) is 11.8 Å². The van der Waals surface area contributed by atoms with Crippen molar-refractivity contribution in [3.8, 4) is 0 Å². The Hall–Kier alpha value is -4.00. The molecular weight excluding hydrogens is 509 g/mol. The molecule has 0 bridgehead atoms. The number of amides is 3. The van der Waals surface area contributed by atoms with Gasteiger partial charge in [-0.05, 0) is 53.9 Å². The van der Waals surface area contributed by atoms with Crippen molar-refractivity contribution >= 4 is 52.3 Å². The van der Waals surface area contributed by atoms with Crippen LogP contribution in [0.2, 0.25) is 10.0 Å². The molecule has 3 amide bonds. The predicted molar refractivity (Wildman–Crippen MR) is 144 cm³/mol. The van der Waals surface area contributed by atoms with Crippen molar-refractivity contribution in [1.82, 2.24) is 4.98 Å². The van der Waals surface area contributed by atoms with E-state index in [0.29, 0.717) is 17.1 Å². The van der Waals surface area contributed by atoms with Crippen LogP contribution in [0.5, 0.6) is 0 Å². The normalized spacial score (nSPS) is 17.2. The van der Waals surface area contributed by atoms with Crippen molar-refractivity contribution in [3.63, 3.8) is 0 Å². The van der Waals surface area contributed by atoms with E-state index in [1.807, 2.05) is 48.5 Å². The van der Waals surface area contributed by atoms with Crippen LogP contribution in [-0.2, 0) is 16.0 Å². The molecule has 0 spiro atoms. The number of rotatable bonds is 6. The van der Waals surface area contributed by atoms with Crippen molar-refractivity contribution in [2.45, 2.75) is 12.3 Å². The quantitative estimate of drug-likeness (QED) is 0.303. The van der Waals surface area contributed by atoms with E-state index in [1.165, 1.54) is 12.3 Å². The summed E-state index contributed by atoms with van der Waals surface area (Å²) in [6, 6.07) is 26.2. The summed E-state index contributed by atoms with van der Waals surface area (Å²) in [5.74, 6) is -2.47. The highest BCUT2D eigenvalue weighted by molar-refractivity contribution is 6.36. The number of hydrogen-bond donors (Lipinski definition) is 1. The van der Waals surface area contributed by atoms with Crippen molar-refractivity contribution in [2.24, 2.45) is 5.92 Å². The predicted octanol–water partition coefficient (Wildman–Crippen LogP) is 6.16. The summed E-state index contributed by atoms with van der Waals surface area (Å²) in [5, 5.41) is 3.43. The first-order valence-corrected chi connectivity index (χ1v) is 12.4. The van der Waals surface area contributed by atoms with Crippen molar-refractivity contribution < 1.29 is 14.4 Å². The van der Waals surface area contributed by atoms with E-state index in [1.54, 1.807) is 36.4 Å². The molecule has 3 aromatic carbocycles. The molecule has 1 aliphatic rings. The molecule has 1 N–H and O–H groups in total. The van der Waals surface area contributed by atoms with Gasteiger partial charge in [0.05, 0.1) is 22.5 Å². The number of anilines is 2. The zero-order valence-electron chi connectivity index (χ0n) is 19.5. The smallest absolute Gasteiger partial charge is 0.274 e. The fourth-order valence-corrected chi connectivity index (χ4v) is 5.04. The molecule has 0 saturated carbocycles. The Kier molecular flexibility index (Phi) is 7.04. The van der Waals surface area contributed by atoms with Crippen LogP contribution in [-0.4, -0.2) is 22.7 Å². The topological polar surface area (TPSA) is 79.4 Å². The van der Waals surface area contributed by atoms with Crippen LogP contribution in [0.4, 0.5) is 11.4 Å². The van der Waals surface area contributed by atoms with Gasteiger partial charge in [-0.2, -0.15) is 0 Å². The number of halogens is 2. The molecule has 1 saturated heterocycles. The Morgan fingerprint density at radius 3 is 2.27 bits per heavy atom. The number of hydrogen-bond acceptors (Lipinski definition) is 4. The third kappa shape index (κ3) is 4.99. The Morgan fingerprint density at radius 1 is 0.838 bits per heavy atom. The van der Waals surface area contributed by atoms with Gasteiger partial charge >= 0.3 is 0 Å². The summed E-state index contributed by atoms with van der Waals surface area (Å²) in [6.07, 6.45) is 1.83. The number of nitrogens with one attached hydrogen (secondary N) is 1. The molecule has 1 fully saturated rings. The van der Waals surface area contributed by atoms with Crippen LogP contribution < -0.4 is 10.2 Å². The molecule has 2 atom stereocenters. The highest BCUT2D eigenvalue weighted by Crippen LogP contribution is 2.42. The lowest BCUT2D eigenvalue weighted by atomic mass is 9.84. The summed E-state index contributed by atoms with van der Waals surface area (Å²) in [7, 11) is 0. The molecule has 184 valence electrons. The second kappa shape index (κ2) is 10.5. The number of nitrogens with zero attached hydrogens (tertiary/aromatic N) is 2. The van der Waals surface area contributed by atoms with Gasteiger partial charge in [-0.1, -0.05) is 77.8 Å². The Balaban J connectivity index is 1.47. The van der Waals surface area contributed by atoms with E-state index in [4.69, 9.17) is 23.2 Å². The van der Waals surface area contributed by atoms with Crippen molar-refractivity contribution in [3.05, 3.63) is 124 Å². The van der Waals surface area contributed by atoms with Crippen LogP contribution in [0, 0.1) is 5.92 Å². The maximum atomic E-state index is 13.7. The molecular formula is C29H21Cl2N3O3. The van der Waals surface area contributed by atoms with Gasteiger partial charge in [0.15, 0.2) is 0 Å². The first-order chi connectivity index (χ1) is 17.9. The molecule has 2 unspecified atom stereocenters. The minimum atomic E-state index is -0.690. The molecule has 6 nitrogen and oxygen atoms in total. The van der Waals surface area contributed by atoms with Gasteiger partial charge in [-0.3, -0.25) is 19.4 Å². The Morgan fingerprint density at radius 2 is 1.57 bits per heavy atom. The molecule has 5 rings (SSSR count). The largest absolute Gasteiger partial charge is 0.321 e. The fourth-order valence-electron chi connectivity index (χ4n) is 4.57. The number of aromatic nitrogens is 1. The summed E-state index contributed by atoms with van der Waals surface area (Å²) in [6.45, 7) is 0. The monoisotopic (exact) mass is 529 g/mol. The van der Waals surface area contributed by atoms with Gasteiger partial charge < -0.3 is 5.32 Å². The van der Waals surface area contributed by atoms with Crippen molar-refractivity contribution in [2.75, 3.05) is 10.2 Å². The maximum Gasteiger partial charge on any atom is 0.274 e. The highest BCUT2D eigenvalue weighted by Gasteiger charge is 2.49. The van der Waals surface area contributed by atoms with Crippen LogP contribution in [0.15, 0.2) is 97.2 Å². The second-order valence-electron chi connectivity index (χ2n) is 8.64. The van der Waals surface area contributed by atoms with Gasteiger partial charge in [-0.25, -0.2) is 4.90 Å². The van der Waals surface area contributed by atoms with E-state index in [9.17, 15) is 14.4 Å². The van der Waals surface area contributed by atoms with E-state index in [0.717, 1.165) is 16.0 Å². The van der Waals surface area contributed by atoms with Crippen LogP contribution >= 0.6 is 23.2 Å². The number of carbonyl (C=O) groups is 3. The summed E-state index contributed by atoms with van der Waals surface area (Å²) in [4.78, 5) is 45.1. The number of pyridine rings is 1. The molecule has 1 aromatic heterocycles. The van der Waals surface area contributed by atoms with Gasteiger partial charge in [0.1, 0.15) is 5.69 Å². The van der Waals surface area contributed by atoms with E-state index >= 15 is 0 Å². The molecule has 8 heteroatoms. The van der Waals surface area contributed by atoms with Gasteiger partial charge in [-0.15, -0.1) is 0 Å². The standard InChI is InChI=1S/C29H21Cl2N3O3/c30-22-11-5-4-10-19(22)16-21-26(18-8-2-1-3-9-18)29(37)34(28(21)36)25-14-13-20(17-23(25)31)33-27(35)24-12-6-7-15-32-24/h1-15,17,21,26H,16H2,(H,33,35). The van der Waals surface area contributed by atoms with Crippen LogP contribution in [0.25, 0.3) is 0 Å². The molecule has 4 aromatic rings. The zero-order valence-corrected chi connectivity index (χ0v) is 21.0. The van der Waals surface area contributed by atoms with Crippen LogP contribution in [0.1, 0.15) is 27.5 Å². The summed E-state index contributed by atoms with van der Waals surface area (Å²) < 4.78 is 0. The molecule has 0 radical (unpaired) electrons. The lowest BCUT2D eigenvalue weighted by molar-refractivity contribution is -0.122. The Labute approximate surface area is 223 Å². The molecule has 0 aliphatic carbocycles. The number of benzene rings is 3. The minimum absolute atomic E-state index is 0.158. The van der Waals surface area contributed by atoms with Gasteiger partial charge in [0.25, 0.3) is 5.91 Å². The number of carbonyl (C=O) groups excluding carboxylic acids is 3. The first-order valence-electron chi connectivity index (χ1n) is 11.6. The van der Waals surface area contributed by atoms with Crippen LogP contribution in [0.3, 0.4) is 0 Å².